The van der Waals surface area contributed by atoms with E-state index in [1.165, 1.54) is 4.90 Å². The summed E-state index contributed by atoms with van der Waals surface area (Å²) in [5.74, 6) is -0.225. The molecule has 2 aromatic carbocycles. The zero-order chi connectivity index (χ0) is 25.1. The maximum Gasteiger partial charge on any atom is 0.335 e. The van der Waals surface area contributed by atoms with E-state index in [-0.39, 0.29) is 29.9 Å². The number of rotatable bonds is 8. The quantitative estimate of drug-likeness (QED) is 0.446. The number of hydrogen-bond acceptors (Lipinski definition) is 6. The van der Waals surface area contributed by atoms with Crippen LogP contribution in [0.5, 0.6) is 11.5 Å². The molecule has 35 heavy (non-hydrogen) atoms. The third kappa shape index (κ3) is 4.95. The number of aryl methyl sites for hydroxylation is 1. The Labute approximate surface area is 206 Å². The number of nitrogens with zero attached hydrogens (tertiary/aromatic N) is 2. The van der Waals surface area contributed by atoms with Crippen molar-refractivity contribution in [1.82, 2.24) is 9.47 Å². The maximum absolute atomic E-state index is 12.9. The number of carboxylic acids is 1. The van der Waals surface area contributed by atoms with Crippen molar-refractivity contribution in [2.45, 2.75) is 13.8 Å². The molecule has 0 radical (unpaired) electrons. The van der Waals surface area contributed by atoms with Gasteiger partial charge in [0, 0.05) is 17.1 Å². The first-order chi connectivity index (χ1) is 16.8. The van der Waals surface area contributed by atoms with E-state index in [1.54, 1.807) is 49.6 Å². The van der Waals surface area contributed by atoms with E-state index < -0.39 is 5.97 Å². The Bertz CT molecular complexity index is 1330. The van der Waals surface area contributed by atoms with Crippen LogP contribution in [-0.2, 0) is 4.79 Å². The molecule has 9 heteroatoms. The van der Waals surface area contributed by atoms with Crippen LogP contribution in [0.3, 0.4) is 0 Å². The second-order valence-electron chi connectivity index (χ2n) is 7.85. The minimum absolute atomic E-state index is 0.120. The molecule has 1 aromatic heterocycles. The van der Waals surface area contributed by atoms with Crippen LogP contribution in [0.1, 0.15) is 27.3 Å². The molecule has 8 nitrogen and oxygen atoms in total. The lowest BCUT2D eigenvalue weighted by atomic mass is 10.2. The molecule has 0 atom stereocenters. The third-order valence-electron chi connectivity index (χ3n) is 5.64. The second kappa shape index (κ2) is 10.1. The first kappa shape index (κ1) is 24.2. The first-order valence-corrected chi connectivity index (χ1v) is 11.7. The molecule has 0 saturated carbocycles. The van der Waals surface area contributed by atoms with Gasteiger partial charge >= 0.3 is 5.97 Å². The minimum Gasteiger partial charge on any atom is -0.493 e. The van der Waals surface area contributed by atoms with Crippen LogP contribution in [0.4, 0.5) is 4.79 Å². The average molecular weight is 493 g/mol. The van der Waals surface area contributed by atoms with Crippen LogP contribution in [0.2, 0.25) is 0 Å². The molecule has 0 bridgehead atoms. The monoisotopic (exact) mass is 492 g/mol. The average Bonchev–Trinajstić information content (AvgIpc) is 3.28. The molecule has 1 saturated heterocycles. The molecular weight excluding hydrogens is 468 g/mol. The van der Waals surface area contributed by atoms with Crippen molar-refractivity contribution in [3.8, 4) is 17.2 Å². The highest BCUT2D eigenvalue weighted by atomic mass is 32.2. The van der Waals surface area contributed by atoms with E-state index in [9.17, 15) is 14.4 Å². The van der Waals surface area contributed by atoms with Gasteiger partial charge in [-0.2, -0.15) is 0 Å². The van der Waals surface area contributed by atoms with Gasteiger partial charge in [-0.15, -0.1) is 0 Å². The minimum atomic E-state index is -0.984. The van der Waals surface area contributed by atoms with Crippen molar-refractivity contribution in [2.75, 3.05) is 20.3 Å². The molecular formula is C26H24N2O6S. The maximum atomic E-state index is 12.9. The lowest BCUT2D eigenvalue weighted by Gasteiger charge is -2.14. The van der Waals surface area contributed by atoms with Gasteiger partial charge in [0.05, 0.1) is 24.1 Å². The number of imide groups is 1. The SMILES string of the molecule is COc1ccccc1OCCN1C(=O)S/C(=C\c2cc(C)n(-c3ccc(C(=O)O)cc3)c2C)C1=O. The first-order valence-electron chi connectivity index (χ1n) is 10.8. The smallest absolute Gasteiger partial charge is 0.335 e. The van der Waals surface area contributed by atoms with Gasteiger partial charge in [-0.1, -0.05) is 12.1 Å². The zero-order valence-electron chi connectivity index (χ0n) is 19.5. The Morgan fingerprint density at radius 2 is 1.74 bits per heavy atom. The van der Waals surface area contributed by atoms with Crippen molar-refractivity contribution in [1.29, 1.82) is 0 Å². The van der Waals surface area contributed by atoms with E-state index >= 15 is 0 Å². The van der Waals surface area contributed by atoms with Gasteiger partial charge in [0.1, 0.15) is 6.61 Å². The predicted molar refractivity (Wildman–Crippen MR) is 133 cm³/mol. The molecule has 1 fully saturated rings. The van der Waals surface area contributed by atoms with Crippen molar-refractivity contribution in [2.24, 2.45) is 0 Å². The van der Waals surface area contributed by atoms with Gasteiger partial charge in [0.15, 0.2) is 11.5 Å². The largest absolute Gasteiger partial charge is 0.493 e. The number of carbonyl (C=O) groups is 3. The summed E-state index contributed by atoms with van der Waals surface area (Å²) in [5.41, 5.74) is 3.62. The summed E-state index contributed by atoms with van der Waals surface area (Å²) < 4.78 is 12.9. The molecule has 180 valence electrons. The number of para-hydroxylation sites is 2. The van der Waals surface area contributed by atoms with Crippen LogP contribution < -0.4 is 9.47 Å². The van der Waals surface area contributed by atoms with E-state index in [0.29, 0.717) is 16.4 Å². The standard InChI is InChI=1S/C26H24N2O6S/c1-16-14-19(17(2)28(16)20-10-8-18(9-11-20)25(30)31)15-23-24(29)27(26(32)35-23)12-13-34-22-7-5-4-6-21(22)33-3/h4-11,14-15H,12-13H2,1-3H3,(H,30,31)/b23-15-. The number of hydrogen-bond donors (Lipinski definition) is 1. The molecule has 4 rings (SSSR count). The number of methoxy groups -OCH3 is 1. The Kier molecular flexibility index (Phi) is 6.97. The second-order valence-corrected chi connectivity index (χ2v) is 8.84. The summed E-state index contributed by atoms with van der Waals surface area (Å²) >= 11 is 0.899. The Hall–Kier alpha value is -3.98. The van der Waals surface area contributed by atoms with Crippen molar-refractivity contribution < 1.29 is 29.0 Å². The zero-order valence-corrected chi connectivity index (χ0v) is 20.3. The number of aromatic nitrogens is 1. The Morgan fingerprint density at radius 1 is 1.06 bits per heavy atom. The number of amides is 2. The summed E-state index contributed by atoms with van der Waals surface area (Å²) in [4.78, 5) is 38.1. The third-order valence-corrected chi connectivity index (χ3v) is 6.55. The molecule has 0 spiro atoms. The van der Waals surface area contributed by atoms with Crippen LogP contribution in [0.25, 0.3) is 11.8 Å². The van der Waals surface area contributed by atoms with Gasteiger partial charge in [0.25, 0.3) is 11.1 Å². The van der Waals surface area contributed by atoms with Gasteiger partial charge in [-0.3, -0.25) is 14.5 Å². The summed E-state index contributed by atoms with van der Waals surface area (Å²) in [6, 6.07) is 15.7. The van der Waals surface area contributed by atoms with Gasteiger partial charge in [0.2, 0.25) is 0 Å². The predicted octanol–water partition coefficient (Wildman–Crippen LogP) is 4.92. The fourth-order valence-corrected chi connectivity index (χ4v) is 4.76. The van der Waals surface area contributed by atoms with Crippen LogP contribution in [0.15, 0.2) is 59.5 Å². The Balaban J connectivity index is 1.49. The molecule has 0 unspecified atom stereocenters. The van der Waals surface area contributed by atoms with Crippen LogP contribution in [-0.4, -0.2) is 52.0 Å². The van der Waals surface area contributed by atoms with Crippen LogP contribution >= 0.6 is 11.8 Å². The molecule has 1 aliphatic rings. The lowest BCUT2D eigenvalue weighted by molar-refractivity contribution is -0.123. The van der Waals surface area contributed by atoms with Crippen molar-refractivity contribution in [3.05, 3.63) is 82.0 Å². The van der Waals surface area contributed by atoms with Crippen molar-refractivity contribution >= 4 is 35.0 Å². The fourth-order valence-electron chi connectivity index (χ4n) is 3.90. The highest BCUT2D eigenvalue weighted by Gasteiger charge is 2.35. The van der Waals surface area contributed by atoms with Gasteiger partial charge in [-0.05, 0) is 79.7 Å². The number of benzene rings is 2. The molecule has 2 heterocycles. The number of ether oxygens (including phenoxy) is 2. The molecule has 2 amide bonds. The van der Waals surface area contributed by atoms with Crippen LogP contribution in [0, 0.1) is 13.8 Å². The van der Waals surface area contributed by atoms with E-state index in [0.717, 1.165) is 34.4 Å². The molecule has 3 aromatic rings. The fraction of sp³-hybridized carbons (Fsp3) is 0.192. The van der Waals surface area contributed by atoms with E-state index in [2.05, 4.69) is 0 Å². The van der Waals surface area contributed by atoms with E-state index in [1.807, 2.05) is 36.6 Å². The van der Waals surface area contributed by atoms with E-state index in [4.69, 9.17) is 14.6 Å². The van der Waals surface area contributed by atoms with Gasteiger partial charge in [-0.25, -0.2) is 4.79 Å². The number of carboxylic acid groups (broad SMARTS) is 1. The summed E-state index contributed by atoms with van der Waals surface area (Å²) in [5, 5.41) is 8.78. The Morgan fingerprint density at radius 3 is 2.40 bits per heavy atom. The molecule has 0 aliphatic carbocycles. The normalized spacial score (nSPS) is 14.6. The summed E-state index contributed by atoms with van der Waals surface area (Å²) in [6.45, 7) is 4.10. The molecule has 1 aliphatic heterocycles. The molecule has 1 N–H and O–H groups in total. The number of carbonyl (C=O) groups excluding carboxylic acids is 2. The highest BCUT2D eigenvalue weighted by Crippen LogP contribution is 2.34. The highest BCUT2D eigenvalue weighted by molar-refractivity contribution is 8.18. The number of aromatic carboxylic acids is 1. The summed E-state index contributed by atoms with van der Waals surface area (Å²) in [7, 11) is 1.55. The summed E-state index contributed by atoms with van der Waals surface area (Å²) in [6.07, 6.45) is 1.72. The van der Waals surface area contributed by atoms with Crippen molar-refractivity contribution in [3.63, 3.8) is 0 Å². The number of thioether (sulfide) groups is 1. The van der Waals surface area contributed by atoms with Gasteiger partial charge < -0.3 is 19.1 Å². The topological polar surface area (TPSA) is 98.1 Å². The lowest BCUT2D eigenvalue weighted by Crippen LogP contribution is -2.32.